The number of anilines is 1. The highest BCUT2D eigenvalue weighted by Gasteiger charge is 2.19. The van der Waals surface area contributed by atoms with Gasteiger partial charge in [-0.2, -0.15) is 11.8 Å². The number of thioether (sulfide) groups is 1. The van der Waals surface area contributed by atoms with Crippen LogP contribution < -0.4 is 4.90 Å². The third-order valence-electron chi connectivity index (χ3n) is 2.82. The number of hydrogen-bond acceptors (Lipinski definition) is 4. The van der Waals surface area contributed by atoms with Gasteiger partial charge in [-0.05, 0) is 18.6 Å². The van der Waals surface area contributed by atoms with Gasteiger partial charge in [-0.3, -0.25) is 4.79 Å². The molecule has 0 N–H and O–H groups in total. The number of pyridine rings is 1. The number of aldehydes is 1. The van der Waals surface area contributed by atoms with E-state index in [1.807, 2.05) is 23.9 Å². The van der Waals surface area contributed by atoms with Gasteiger partial charge in [-0.15, -0.1) is 0 Å². The highest BCUT2D eigenvalue weighted by atomic mass is 32.2. The molecule has 0 amide bonds. The molecular formula is C12H16N2OS. The van der Waals surface area contributed by atoms with Crippen LogP contribution in [0.4, 0.5) is 5.82 Å². The molecule has 0 aromatic carbocycles. The second kappa shape index (κ2) is 5.34. The van der Waals surface area contributed by atoms with E-state index in [9.17, 15) is 4.79 Å². The van der Waals surface area contributed by atoms with Gasteiger partial charge in [-0.25, -0.2) is 4.98 Å². The summed E-state index contributed by atoms with van der Waals surface area (Å²) in [5, 5.41) is 0.710. The molecular weight excluding hydrogens is 220 g/mol. The quantitative estimate of drug-likeness (QED) is 0.754. The average molecular weight is 236 g/mol. The van der Waals surface area contributed by atoms with Gasteiger partial charge in [0.2, 0.25) is 0 Å². The monoisotopic (exact) mass is 236 g/mol. The molecule has 0 saturated carbocycles. The van der Waals surface area contributed by atoms with Gasteiger partial charge in [-0.1, -0.05) is 6.92 Å². The van der Waals surface area contributed by atoms with E-state index in [4.69, 9.17) is 0 Å². The van der Waals surface area contributed by atoms with E-state index in [2.05, 4.69) is 16.8 Å². The molecule has 0 aliphatic carbocycles. The predicted octanol–water partition coefficient (Wildman–Crippen LogP) is 2.23. The van der Waals surface area contributed by atoms with Crippen molar-refractivity contribution >= 4 is 23.9 Å². The number of carbonyl (C=O) groups is 1. The minimum absolute atomic E-state index is 0.641. The first-order valence-electron chi connectivity index (χ1n) is 5.61. The summed E-state index contributed by atoms with van der Waals surface area (Å²) in [6.07, 6.45) is 3.68. The van der Waals surface area contributed by atoms with Gasteiger partial charge in [0.05, 0.1) is 0 Å². The first-order chi connectivity index (χ1) is 7.83. The summed E-state index contributed by atoms with van der Waals surface area (Å²) in [7, 11) is 0. The zero-order chi connectivity index (χ0) is 11.4. The largest absolute Gasteiger partial charge is 0.355 e. The SMILES string of the molecule is CCC1CN(c2ccc(C=O)cn2)CCS1. The molecule has 0 spiro atoms. The van der Waals surface area contributed by atoms with Crippen molar-refractivity contribution in [3.63, 3.8) is 0 Å². The second-order valence-corrected chi connectivity index (χ2v) is 5.32. The Morgan fingerprint density at radius 2 is 2.50 bits per heavy atom. The van der Waals surface area contributed by atoms with Crippen LogP contribution in [-0.2, 0) is 0 Å². The van der Waals surface area contributed by atoms with E-state index >= 15 is 0 Å². The highest BCUT2D eigenvalue weighted by Crippen LogP contribution is 2.24. The van der Waals surface area contributed by atoms with Crippen molar-refractivity contribution in [2.75, 3.05) is 23.7 Å². The fraction of sp³-hybridized carbons (Fsp3) is 0.500. The Bertz CT molecular complexity index is 353. The molecule has 3 nitrogen and oxygen atoms in total. The summed E-state index contributed by atoms with van der Waals surface area (Å²) in [6.45, 7) is 4.34. The molecule has 16 heavy (non-hydrogen) atoms. The van der Waals surface area contributed by atoms with Crippen LogP contribution >= 0.6 is 11.8 Å². The molecule has 1 aromatic heterocycles. The second-order valence-electron chi connectivity index (χ2n) is 3.91. The van der Waals surface area contributed by atoms with E-state index in [1.54, 1.807) is 6.20 Å². The smallest absolute Gasteiger partial charge is 0.151 e. The first kappa shape index (κ1) is 11.5. The van der Waals surface area contributed by atoms with E-state index in [0.29, 0.717) is 10.8 Å². The van der Waals surface area contributed by atoms with E-state index in [-0.39, 0.29) is 0 Å². The number of aromatic nitrogens is 1. The summed E-state index contributed by atoms with van der Waals surface area (Å²) >= 11 is 2.04. The fourth-order valence-electron chi connectivity index (χ4n) is 1.83. The minimum atomic E-state index is 0.641. The Morgan fingerprint density at radius 3 is 3.12 bits per heavy atom. The van der Waals surface area contributed by atoms with Gasteiger partial charge >= 0.3 is 0 Å². The summed E-state index contributed by atoms with van der Waals surface area (Å²) in [5.74, 6) is 2.15. The van der Waals surface area contributed by atoms with E-state index in [0.717, 1.165) is 30.9 Å². The molecule has 1 aliphatic rings. The predicted molar refractivity (Wildman–Crippen MR) is 68.4 cm³/mol. The third kappa shape index (κ3) is 2.55. The molecule has 1 fully saturated rings. The first-order valence-corrected chi connectivity index (χ1v) is 6.66. The van der Waals surface area contributed by atoms with E-state index in [1.165, 1.54) is 6.42 Å². The van der Waals surface area contributed by atoms with Gasteiger partial charge in [0.1, 0.15) is 5.82 Å². The lowest BCUT2D eigenvalue weighted by Gasteiger charge is -2.32. The Balaban J connectivity index is 2.07. The number of hydrogen-bond donors (Lipinski definition) is 0. The van der Waals surface area contributed by atoms with Crippen LogP contribution in [0.3, 0.4) is 0 Å². The summed E-state index contributed by atoms with van der Waals surface area (Å²) in [5.41, 5.74) is 0.641. The molecule has 1 atom stereocenters. The third-order valence-corrected chi connectivity index (χ3v) is 4.20. The van der Waals surface area contributed by atoms with Crippen LogP contribution in [0.1, 0.15) is 23.7 Å². The number of nitrogens with zero attached hydrogens (tertiary/aromatic N) is 2. The van der Waals surface area contributed by atoms with Crippen LogP contribution in [-0.4, -0.2) is 35.4 Å². The highest BCUT2D eigenvalue weighted by molar-refractivity contribution is 8.00. The van der Waals surface area contributed by atoms with Gasteiger partial charge in [0, 0.05) is 35.9 Å². The van der Waals surface area contributed by atoms with Crippen LogP contribution in [0.2, 0.25) is 0 Å². The summed E-state index contributed by atoms with van der Waals surface area (Å²) < 4.78 is 0. The standard InChI is InChI=1S/C12H16N2OS/c1-2-11-8-14(5-6-16-11)12-4-3-10(9-15)7-13-12/h3-4,7,9,11H,2,5-6,8H2,1H3. The zero-order valence-corrected chi connectivity index (χ0v) is 10.2. The van der Waals surface area contributed by atoms with Crippen molar-refractivity contribution in [3.05, 3.63) is 23.9 Å². The van der Waals surface area contributed by atoms with Gasteiger partial charge in [0.15, 0.2) is 6.29 Å². The van der Waals surface area contributed by atoms with Crippen LogP contribution in [0.25, 0.3) is 0 Å². The fourth-order valence-corrected chi connectivity index (χ4v) is 3.01. The molecule has 1 aromatic rings. The Morgan fingerprint density at radius 1 is 1.62 bits per heavy atom. The maximum atomic E-state index is 10.5. The van der Waals surface area contributed by atoms with E-state index < -0.39 is 0 Å². The van der Waals surface area contributed by atoms with Crippen LogP contribution in [0.5, 0.6) is 0 Å². The summed E-state index contributed by atoms with van der Waals surface area (Å²) in [4.78, 5) is 17.2. The molecule has 0 bridgehead atoms. The van der Waals surface area contributed by atoms with Crippen molar-refractivity contribution in [1.82, 2.24) is 4.98 Å². The lowest BCUT2D eigenvalue weighted by atomic mass is 10.2. The maximum absolute atomic E-state index is 10.5. The normalized spacial score (nSPS) is 20.8. The Kier molecular flexibility index (Phi) is 3.83. The molecule has 86 valence electrons. The molecule has 0 radical (unpaired) electrons. The zero-order valence-electron chi connectivity index (χ0n) is 9.43. The topological polar surface area (TPSA) is 33.2 Å². The van der Waals surface area contributed by atoms with Crippen molar-refractivity contribution in [3.8, 4) is 0 Å². The van der Waals surface area contributed by atoms with Crippen molar-refractivity contribution in [2.45, 2.75) is 18.6 Å². The van der Waals surface area contributed by atoms with Gasteiger partial charge < -0.3 is 4.90 Å². The summed E-state index contributed by atoms with van der Waals surface area (Å²) in [6, 6.07) is 3.77. The minimum Gasteiger partial charge on any atom is -0.355 e. The Hall–Kier alpha value is -1.03. The number of carbonyl (C=O) groups excluding carboxylic acids is 1. The number of rotatable bonds is 3. The Labute approximate surface area is 100 Å². The van der Waals surface area contributed by atoms with Crippen molar-refractivity contribution in [1.29, 1.82) is 0 Å². The molecule has 2 rings (SSSR count). The molecule has 4 heteroatoms. The molecule has 1 unspecified atom stereocenters. The van der Waals surface area contributed by atoms with Crippen LogP contribution in [0, 0.1) is 0 Å². The molecule has 2 heterocycles. The lowest BCUT2D eigenvalue weighted by Crippen LogP contribution is -2.38. The van der Waals surface area contributed by atoms with Crippen molar-refractivity contribution < 1.29 is 4.79 Å². The molecule has 1 saturated heterocycles. The van der Waals surface area contributed by atoms with Gasteiger partial charge in [0.25, 0.3) is 0 Å². The van der Waals surface area contributed by atoms with Crippen LogP contribution in [0.15, 0.2) is 18.3 Å². The average Bonchev–Trinajstić information content (AvgIpc) is 2.39. The van der Waals surface area contributed by atoms with Crippen molar-refractivity contribution in [2.24, 2.45) is 0 Å². The molecule has 1 aliphatic heterocycles. The lowest BCUT2D eigenvalue weighted by molar-refractivity contribution is 0.112. The maximum Gasteiger partial charge on any atom is 0.151 e.